The Balaban J connectivity index is 1.50. The van der Waals surface area contributed by atoms with Crippen molar-refractivity contribution in [2.45, 2.75) is 37.1 Å². The summed E-state index contributed by atoms with van der Waals surface area (Å²) in [5.74, 6) is 0.633. The molecule has 0 aromatic heterocycles. The van der Waals surface area contributed by atoms with E-state index in [1.54, 1.807) is 12.1 Å². The molecule has 0 radical (unpaired) electrons. The van der Waals surface area contributed by atoms with Gasteiger partial charge >= 0.3 is 0 Å². The fourth-order valence-electron chi connectivity index (χ4n) is 4.57. The van der Waals surface area contributed by atoms with Gasteiger partial charge < -0.3 is 14.4 Å². The molecule has 0 saturated carbocycles. The third-order valence-corrected chi connectivity index (χ3v) is 8.16. The van der Waals surface area contributed by atoms with Crippen LogP contribution < -0.4 is 14.4 Å². The number of benzene rings is 2. The molecule has 2 aliphatic rings. The molecule has 0 bridgehead atoms. The van der Waals surface area contributed by atoms with Crippen LogP contribution in [0.3, 0.4) is 0 Å². The van der Waals surface area contributed by atoms with Crippen molar-refractivity contribution in [1.82, 2.24) is 4.31 Å². The van der Waals surface area contributed by atoms with E-state index in [0.29, 0.717) is 31.7 Å². The van der Waals surface area contributed by atoms with Crippen LogP contribution in [0.15, 0.2) is 47.4 Å². The Morgan fingerprint density at radius 1 is 1.03 bits per heavy atom. The summed E-state index contributed by atoms with van der Waals surface area (Å²) in [5.41, 5.74) is 2.17. The molecule has 4 rings (SSSR count). The molecule has 7 nitrogen and oxygen atoms in total. The van der Waals surface area contributed by atoms with Crippen LogP contribution in [0.5, 0.6) is 11.5 Å². The van der Waals surface area contributed by atoms with E-state index >= 15 is 0 Å². The highest BCUT2D eigenvalue weighted by molar-refractivity contribution is 7.89. The zero-order valence-electron chi connectivity index (χ0n) is 18.1. The Labute approximate surface area is 183 Å². The molecule has 1 fully saturated rings. The molecule has 1 atom stereocenters. The maximum atomic E-state index is 13.3. The maximum Gasteiger partial charge on any atom is 0.246 e. The molecule has 8 heteroatoms. The minimum absolute atomic E-state index is 0.0845. The number of hydrogen-bond acceptors (Lipinski definition) is 5. The van der Waals surface area contributed by atoms with Crippen molar-refractivity contribution in [3.63, 3.8) is 0 Å². The number of anilines is 1. The minimum atomic E-state index is -3.76. The zero-order chi connectivity index (χ0) is 22.2. The number of sulfonamides is 1. The molecule has 0 unspecified atom stereocenters. The second-order valence-electron chi connectivity index (χ2n) is 8.09. The van der Waals surface area contributed by atoms with Crippen LogP contribution in [0.1, 0.15) is 25.3 Å². The van der Waals surface area contributed by atoms with Crippen LogP contribution in [0.2, 0.25) is 0 Å². The summed E-state index contributed by atoms with van der Waals surface area (Å²) in [5, 5.41) is 0. The molecule has 1 amide bonds. The van der Waals surface area contributed by atoms with Crippen molar-refractivity contribution >= 4 is 21.6 Å². The minimum Gasteiger partial charge on any atom is -0.497 e. The Morgan fingerprint density at radius 3 is 2.42 bits per heavy atom. The fraction of sp³-hybridized carbons (Fsp3) is 0.435. The summed E-state index contributed by atoms with van der Waals surface area (Å²) in [4.78, 5) is 15.3. The lowest BCUT2D eigenvalue weighted by Crippen LogP contribution is -2.46. The summed E-state index contributed by atoms with van der Waals surface area (Å²) < 4.78 is 38.5. The number of para-hydroxylation sites is 1. The van der Waals surface area contributed by atoms with Crippen LogP contribution >= 0.6 is 0 Å². The van der Waals surface area contributed by atoms with Crippen LogP contribution in [0.25, 0.3) is 0 Å². The van der Waals surface area contributed by atoms with E-state index in [1.165, 1.54) is 30.2 Å². The lowest BCUT2D eigenvalue weighted by molar-refractivity contribution is -0.123. The van der Waals surface area contributed by atoms with Crippen molar-refractivity contribution in [3.8, 4) is 11.5 Å². The number of amides is 1. The van der Waals surface area contributed by atoms with E-state index < -0.39 is 10.0 Å². The summed E-state index contributed by atoms with van der Waals surface area (Å²) in [6, 6.07) is 12.9. The van der Waals surface area contributed by atoms with Crippen LogP contribution in [-0.4, -0.2) is 52.0 Å². The number of methoxy groups -OCH3 is 2. The number of ether oxygens (including phenoxy) is 2. The van der Waals surface area contributed by atoms with E-state index in [4.69, 9.17) is 9.47 Å². The number of hydrogen-bond donors (Lipinski definition) is 0. The summed E-state index contributed by atoms with van der Waals surface area (Å²) in [6.07, 6.45) is 1.84. The van der Waals surface area contributed by atoms with Crippen LogP contribution in [-0.2, 0) is 21.2 Å². The van der Waals surface area contributed by atoms with Gasteiger partial charge in [-0.05, 0) is 49.9 Å². The Kier molecular flexibility index (Phi) is 5.94. The summed E-state index contributed by atoms with van der Waals surface area (Å²) in [7, 11) is -0.823. The molecule has 31 heavy (non-hydrogen) atoms. The maximum absolute atomic E-state index is 13.3. The highest BCUT2D eigenvalue weighted by Gasteiger charge is 2.38. The average Bonchev–Trinajstić information content (AvgIpc) is 3.13. The highest BCUT2D eigenvalue weighted by atomic mass is 32.2. The number of piperidine rings is 1. The number of carbonyl (C=O) groups excluding carboxylic acids is 1. The topological polar surface area (TPSA) is 76.1 Å². The van der Waals surface area contributed by atoms with Gasteiger partial charge in [0, 0.05) is 36.8 Å². The van der Waals surface area contributed by atoms with Gasteiger partial charge in [0.25, 0.3) is 0 Å². The molecule has 0 N–H and O–H groups in total. The van der Waals surface area contributed by atoms with E-state index in [9.17, 15) is 13.2 Å². The Hall–Kier alpha value is -2.58. The van der Waals surface area contributed by atoms with E-state index in [-0.39, 0.29) is 28.5 Å². The molecular weight excluding hydrogens is 416 g/mol. The number of carbonyl (C=O) groups is 1. The standard InChI is InChI=1S/C23H28N2O5S/c1-16-14-18-6-4-5-7-20(18)25(16)23(26)17-10-12-24(13-11-17)31(27,28)22-15-19(29-2)8-9-21(22)30-3/h4-9,15-17H,10-14H2,1-3H3/t16-/m0/s1. The molecular formula is C23H28N2O5S. The first-order valence-electron chi connectivity index (χ1n) is 10.5. The van der Waals surface area contributed by atoms with Crippen LogP contribution in [0.4, 0.5) is 5.69 Å². The summed E-state index contributed by atoms with van der Waals surface area (Å²) in [6.45, 7) is 2.65. The van der Waals surface area contributed by atoms with Gasteiger partial charge in [-0.25, -0.2) is 8.42 Å². The van der Waals surface area contributed by atoms with Crippen molar-refractivity contribution in [3.05, 3.63) is 48.0 Å². The van der Waals surface area contributed by atoms with E-state index in [1.807, 2.05) is 23.1 Å². The first kappa shape index (κ1) is 21.6. The van der Waals surface area contributed by atoms with E-state index in [2.05, 4.69) is 13.0 Å². The van der Waals surface area contributed by atoms with Crippen molar-refractivity contribution in [2.75, 3.05) is 32.2 Å². The van der Waals surface area contributed by atoms with Crippen LogP contribution in [0, 0.1) is 5.92 Å². The third-order valence-electron chi connectivity index (χ3n) is 6.24. The Morgan fingerprint density at radius 2 is 1.74 bits per heavy atom. The predicted molar refractivity (Wildman–Crippen MR) is 118 cm³/mol. The van der Waals surface area contributed by atoms with Gasteiger partial charge in [0.2, 0.25) is 15.9 Å². The second kappa shape index (κ2) is 8.51. The molecule has 0 spiro atoms. The molecule has 2 aliphatic heterocycles. The summed E-state index contributed by atoms with van der Waals surface area (Å²) >= 11 is 0. The average molecular weight is 445 g/mol. The molecule has 2 heterocycles. The monoisotopic (exact) mass is 444 g/mol. The van der Waals surface area contributed by atoms with Gasteiger partial charge in [-0.1, -0.05) is 18.2 Å². The lowest BCUT2D eigenvalue weighted by Gasteiger charge is -2.34. The van der Waals surface area contributed by atoms with E-state index in [0.717, 1.165) is 12.1 Å². The number of nitrogens with zero attached hydrogens (tertiary/aromatic N) is 2. The molecule has 2 aromatic rings. The molecule has 2 aromatic carbocycles. The second-order valence-corrected chi connectivity index (χ2v) is 9.99. The zero-order valence-corrected chi connectivity index (χ0v) is 18.9. The quantitative estimate of drug-likeness (QED) is 0.708. The largest absolute Gasteiger partial charge is 0.497 e. The SMILES string of the molecule is COc1ccc(OC)c(S(=O)(=O)N2CCC(C(=O)N3c4ccccc4C[C@@H]3C)CC2)c1. The normalized spacial score (nSPS) is 19.8. The fourth-order valence-corrected chi connectivity index (χ4v) is 6.21. The third kappa shape index (κ3) is 3.90. The molecule has 0 aliphatic carbocycles. The van der Waals surface area contributed by atoms with Gasteiger partial charge in [-0.3, -0.25) is 4.79 Å². The number of fused-ring (bicyclic) bond motifs is 1. The first-order valence-corrected chi connectivity index (χ1v) is 11.9. The van der Waals surface area contributed by atoms with Gasteiger partial charge in [0.1, 0.15) is 16.4 Å². The lowest BCUT2D eigenvalue weighted by atomic mass is 9.96. The van der Waals surface area contributed by atoms with Gasteiger partial charge in [0.05, 0.1) is 14.2 Å². The Bertz CT molecular complexity index is 1080. The van der Waals surface area contributed by atoms with Gasteiger partial charge in [-0.2, -0.15) is 4.31 Å². The van der Waals surface area contributed by atoms with Crippen molar-refractivity contribution < 1.29 is 22.7 Å². The van der Waals surface area contributed by atoms with Gasteiger partial charge in [-0.15, -0.1) is 0 Å². The van der Waals surface area contributed by atoms with Gasteiger partial charge in [0.15, 0.2) is 0 Å². The molecule has 1 saturated heterocycles. The smallest absolute Gasteiger partial charge is 0.246 e. The van der Waals surface area contributed by atoms with Crippen molar-refractivity contribution in [2.24, 2.45) is 5.92 Å². The molecule has 166 valence electrons. The highest BCUT2D eigenvalue weighted by Crippen LogP contribution is 2.36. The predicted octanol–water partition coefficient (Wildman–Crippen LogP) is 3.08. The van der Waals surface area contributed by atoms with Crippen molar-refractivity contribution in [1.29, 1.82) is 0 Å². The number of rotatable bonds is 5. The first-order chi connectivity index (χ1) is 14.9.